The number of hydrogen-bond acceptors (Lipinski definition) is 3. The lowest BCUT2D eigenvalue weighted by Crippen LogP contribution is -2.33. The second-order valence-electron chi connectivity index (χ2n) is 3.44. The van der Waals surface area contributed by atoms with Gasteiger partial charge in [0, 0.05) is 12.7 Å². The fourth-order valence-corrected chi connectivity index (χ4v) is 1.71. The van der Waals surface area contributed by atoms with Crippen LogP contribution < -0.4 is 10.6 Å². The Bertz CT molecular complexity index is 391. The predicted octanol–water partition coefficient (Wildman–Crippen LogP) is -0.0802. The smallest absolute Gasteiger partial charge is 0.239 e. The zero-order valence-electron chi connectivity index (χ0n) is 8.09. The summed E-state index contributed by atoms with van der Waals surface area (Å²) in [5, 5.41) is 0. The maximum Gasteiger partial charge on any atom is 0.239 e. The molecule has 1 aliphatic rings. The third-order valence-electron chi connectivity index (χ3n) is 2.51. The normalized spacial score (nSPS) is 20.7. The highest BCUT2D eigenvalue weighted by atomic mass is 16.2. The van der Waals surface area contributed by atoms with Gasteiger partial charge in [0.1, 0.15) is 5.92 Å². The Hall–Kier alpha value is -1.91. The van der Waals surface area contributed by atoms with Gasteiger partial charge >= 0.3 is 0 Å². The van der Waals surface area contributed by atoms with Gasteiger partial charge in [-0.25, -0.2) is 0 Å². The summed E-state index contributed by atoms with van der Waals surface area (Å²) in [6, 6.07) is 3.54. The van der Waals surface area contributed by atoms with E-state index in [4.69, 9.17) is 5.73 Å². The van der Waals surface area contributed by atoms with Crippen molar-refractivity contribution in [1.82, 2.24) is 4.98 Å². The van der Waals surface area contributed by atoms with Crippen molar-refractivity contribution in [1.29, 1.82) is 0 Å². The quantitative estimate of drug-likeness (QED) is 0.686. The number of hydrogen-bond donors (Lipinski definition) is 1. The lowest BCUT2D eigenvalue weighted by atomic mass is 10.1. The van der Waals surface area contributed by atoms with E-state index < -0.39 is 11.8 Å². The van der Waals surface area contributed by atoms with Crippen molar-refractivity contribution in [2.45, 2.75) is 6.42 Å². The summed E-state index contributed by atoms with van der Waals surface area (Å²) in [5.41, 5.74) is 5.84. The highest BCUT2D eigenvalue weighted by molar-refractivity contribution is 6.09. The lowest BCUT2D eigenvalue weighted by Gasteiger charge is -2.15. The van der Waals surface area contributed by atoms with E-state index in [0.29, 0.717) is 18.7 Å². The minimum atomic E-state index is -0.676. The molecule has 0 radical (unpaired) electrons. The van der Waals surface area contributed by atoms with Crippen LogP contribution in [0.1, 0.15) is 6.42 Å². The molecule has 1 saturated heterocycles. The van der Waals surface area contributed by atoms with Gasteiger partial charge in [-0.1, -0.05) is 0 Å². The van der Waals surface area contributed by atoms with Crippen molar-refractivity contribution in [2.75, 3.05) is 11.4 Å². The zero-order chi connectivity index (χ0) is 10.8. The summed E-state index contributed by atoms with van der Waals surface area (Å²) in [6.07, 6.45) is 3.72. The lowest BCUT2D eigenvalue weighted by molar-refractivity contribution is -0.130. The van der Waals surface area contributed by atoms with E-state index >= 15 is 0 Å². The maximum absolute atomic E-state index is 11.7. The summed E-state index contributed by atoms with van der Waals surface area (Å²) in [5.74, 6) is -1.45. The average Bonchev–Trinajstić information content (AvgIpc) is 2.61. The number of amides is 2. The summed E-state index contributed by atoms with van der Waals surface area (Å²) >= 11 is 0. The number of nitrogens with zero attached hydrogens (tertiary/aromatic N) is 2. The Morgan fingerprint density at radius 1 is 1.60 bits per heavy atom. The van der Waals surface area contributed by atoms with Crippen molar-refractivity contribution in [3.63, 3.8) is 0 Å². The van der Waals surface area contributed by atoms with Gasteiger partial charge in [0.05, 0.1) is 11.9 Å². The Morgan fingerprint density at radius 2 is 2.40 bits per heavy atom. The molecule has 1 atom stereocenters. The van der Waals surface area contributed by atoms with E-state index in [1.54, 1.807) is 29.4 Å². The number of nitrogens with two attached hydrogens (primary N) is 1. The number of carbonyl (C=O) groups excluding carboxylic acids is 2. The van der Waals surface area contributed by atoms with Gasteiger partial charge in [0.2, 0.25) is 11.8 Å². The molecule has 5 nitrogen and oxygen atoms in total. The van der Waals surface area contributed by atoms with Crippen molar-refractivity contribution in [3.8, 4) is 0 Å². The standard InChI is InChI=1S/C10H11N3O2/c11-9(14)8-3-5-13(10(8)15)7-2-1-4-12-6-7/h1-2,4,6,8H,3,5H2,(H2,11,14). The van der Waals surface area contributed by atoms with Crippen LogP contribution in [0, 0.1) is 5.92 Å². The van der Waals surface area contributed by atoms with Gasteiger partial charge in [-0.3, -0.25) is 14.6 Å². The molecule has 2 N–H and O–H groups in total. The molecule has 0 spiro atoms. The number of carbonyl (C=O) groups is 2. The van der Waals surface area contributed by atoms with Crippen molar-refractivity contribution < 1.29 is 9.59 Å². The Labute approximate surface area is 86.9 Å². The van der Waals surface area contributed by atoms with Gasteiger partial charge in [-0.05, 0) is 18.6 Å². The van der Waals surface area contributed by atoms with Crippen LogP contribution in [0.15, 0.2) is 24.5 Å². The van der Waals surface area contributed by atoms with E-state index in [9.17, 15) is 9.59 Å². The van der Waals surface area contributed by atoms with E-state index in [1.807, 2.05) is 0 Å². The fraction of sp³-hybridized carbons (Fsp3) is 0.300. The number of anilines is 1. The molecule has 0 saturated carbocycles. The SMILES string of the molecule is NC(=O)C1CCN(c2cccnc2)C1=O. The second-order valence-corrected chi connectivity index (χ2v) is 3.44. The van der Waals surface area contributed by atoms with E-state index in [0.717, 1.165) is 0 Å². The number of pyridine rings is 1. The van der Waals surface area contributed by atoms with Crippen LogP contribution in [0.3, 0.4) is 0 Å². The highest BCUT2D eigenvalue weighted by Gasteiger charge is 2.36. The van der Waals surface area contributed by atoms with E-state index in [1.165, 1.54) is 0 Å². The number of rotatable bonds is 2. The molecular formula is C10H11N3O2. The second kappa shape index (κ2) is 3.68. The van der Waals surface area contributed by atoms with Gasteiger partial charge < -0.3 is 10.6 Å². The molecule has 1 unspecified atom stereocenters. The van der Waals surface area contributed by atoms with Crippen LogP contribution in [0.5, 0.6) is 0 Å². The predicted molar refractivity (Wildman–Crippen MR) is 53.9 cm³/mol. The molecule has 78 valence electrons. The van der Waals surface area contributed by atoms with Crippen LogP contribution in [-0.4, -0.2) is 23.3 Å². The summed E-state index contributed by atoms with van der Waals surface area (Å²) in [4.78, 5) is 28.2. The molecule has 1 fully saturated rings. The van der Waals surface area contributed by atoms with Crippen LogP contribution in [0.2, 0.25) is 0 Å². The summed E-state index contributed by atoms with van der Waals surface area (Å²) in [6.45, 7) is 0.526. The van der Waals surface area contributed by atoms with Gasteiger partial charge in [-0.2, -0.15) is 0 Å². The third-order valence-corrected chi connectivity index (χ3v) is 2.51. The van der Waals surface area contributed by atoms with Crippen LogP contribution in [0.25, 0.3) is 0 Å². The van der Waals surface area contributed by atoms with Crippen molar-refractivity contribution in [3.05, 3.63) is 24.5 Å². The molecule has 15 heavy (non-hydrogen) atoms. The van der Waals surface area contributed by atoms with E-state index in [2.05, 4.69) is 4.98 Å². The first-order valence-corrected chi connectivity index (χ1v) is 4.71. The molecule has 1 aliphatic heterocycles. The summed E-state index contributed by atoms with van der Waals surface area (Å²) in [7, 11) is 0. The van der Waals surface area contributed by atoms with Gasteiger partial charge in [0.15, 0.2) is 0 Å². The van der Waals surface area contributed by atoms with Crippen LogP contribution >= 0.6 is 0 Å². The Morgan fingerprint density at radius 3 is 2.93 bits per heavy atom. The molecule has 0 aliphatic carbocycles. The highest BCUT2D eigenvalue weighted by Crippen LogP contribution is 2.23. The molecule has 2 heterocycles. The molecule has 5 heteroatoms. The summed E-state index contributed by atoms with van der Waals surface area (Å²) < 4.78 is 0. The largest absolute Gasteiger partial charge is 0.369 e. The molecule has 1 aromatic heterocycles. The Balaban J connectivity index is 2.21. The topological polar surface area (TPSA) is 76.3 Å². The monoisotopic (exact) mass is 205 g/mol. The number of primary amides is 1. The maximum atomic E-state index is 11.7. The minimum Gasteiger partial charge on any atom is -0.369 e. The first kappa shape index (κ1) is 9.64. The van der Waals surface area contributed by atoms with Crippen LogP contribution in [0.4, 0.5) is 5.69 Å². The Kier molecular flexibility index (Phi) is 2.37. The van der Waals surface area contributed by atoms with Gasteiger partial charge in [0.25, 0.3) is 0 Å². The minimum absolute atomic E-state index is 0.226. The molecular weight excluding hydrogens is 194 g/mol. The first-order chi connectivity index (χ1) is 7.20. The molecule has 0 bridgehead atoms. The average molecular weight is 205 g/mol. The molecule has 2 amide bonds. The molecule has 0 aromatic carbocycles. The third kappa shape index (κ3) is 1.68. The molecule has 1 aromatic rings. The fourth-order valence-electron chi connectivity index (χ4n) is 1.71. The van der Waals surface area contributed by atoms with Gasteiger partial charge in [-0.15, -0.1) is 0 Å². The zero-order valence-corrected chi connectivity index (χ0v) is 8.09. The van der Waals surface area contributed by atoms with Crippen LogP contribution in [-0.2, 0) is 9.59 Å². The first-order valence-electron chi connectivity index (χ1n) is 4.71. The van der Waals surface area contributed by atoms with E-state index in [-0.39, 0.29) is 5.91 Å². The van der Waals surface area contributed by atoms with Crippen molar-refractivity contribution >= 4 is 17.5 Å². The molecule has 2 rings (SSSR count). The number of aromatic nitrogens is 1. The van der Waals surface area contributed by atoms with Crippen molar-refractivity contribution in [2.24, 2.45) is 11.7 Å².